The molecule has 0 amide bonds. The molecule has 2 rings (SSSR count). The smallest absolute Gasteiger partial charge is 0.223 e. The maximum absolute atomic E-state index is 5.89. The van der Waals surface area contributed by atoms with Crippen LogP contribution in [0.15, 0.2) is 6.07 Å². The first-order valence-corrected chi connectivity index (χ1v) is 6.00. The predicted octanol–water partition coefficient (Wildman–Crippen LogP) is 2.34. The van der Waals surface area contributed by atoms with E-state index in [1.807, 2.05) is 0 Å². The zero-order valence-electron chi connectivity index (χ0n) is 9.65. The SMILES string of the molecule is CC(C)N(CC1CC1)c1cc(Cl)nc(N)n1. The van der Waals surface area contributed by atoms with Gasteiger partial charge in [-0.25, -0.2) is 4.98 Å². The normalized spacial score (nSPS) is 15.5. The molecule has 16 heavy (non-hydrogen) atoms. The molecule has 5 heteroatoms. The Morgan fingerprint density at radius 3 is 2.69 bits per heavy atom. The summed E-state index contributed by atoms with van der Waals surface area (Å²) in [6.45, 7) is 5.33. The molecular formula is C11H17ClN4. The van der Waals surface area contributed by atoms with E-state index in [4.69, 9.17) is 17.3 Å². The van der Waals surface area contributed by atoms with E-state index in [-0.39, 0.29) is 5.95 Å². The molecule has 1 aromatic heterocycles. The lowest BCUT2D eigenvalue weighted by Gasteiger charge is -2.28. The minimum Gasteiger partial charge on any atom is -0.368 e. The van der Waals surface area contributed by atoms with Gasteiger partial charge in [0.2, 0.25) is 5.95 Å². The first kappa shape index (κ1) is 11.5. The van der Waals surface area contributed by atoms with E-state index < -0.39 is 0 Å². The maximum Gasteiger partial charge on any atom is 0.223 e. The molecule has 88 valence electrons. The van der Waals surface area contributed by atoms with Crippen molar-refractivity contribution < 1.29 is 0 Å². The summed E-state index contributed by atoms with van der Waals surface area (Å²) >= 11 is 5.89. The largest absolute Gasteiger partial charge is 0.368 e. The number of hydrogen-bond donors (Lipinski definition) is 1. The lowest BCUT2D eigenvalue weighted by molar-refractivity contribution is 0.636. The van der Waals surface area contributed by atoms with Gasteiger partial charge < -0.3 is 10.6 Å². The molecule has 1 aliphatic carbocycles. The molecule has 0 atom stereocenters. The molecule has 1 aliphatic rings. The zero-order chi connectivity index (χ0) is 11.7. The Kier molecular flexibility index (Phi) is 3.19. The summed E-state index contributed by atoms with van der Waals surface area (Å²) < 4.78 is 0. The molecule has 0 bridgehead atoms. The van der Waals surface area contributed by atoms with Crippen molar-refractivity contribution >= 4 is 23.4 Å². The Bertz CT molecular complexity index is 356. The summed E-state index contributed by atoms with van der Waals surface area (Å²) in [7, 11) is 0. The summed E-state index contributed by atoms with van der Waals surface area (Å²) in [6.07, 6.45) is 2.63. The highest BCUT2D eigenvalue weighted by Crippen LogP contribution is 2.32. The van der Waals surface area contributed by atoms with Crippen molar-refractivity contribution in [2.24, 2.45) is 5.92 Å². The van der Waals surface area contributed by atoms with Crippen LogP contribution in [-0.2, 0) is 0 Å². The van der Waals surface area contributed by atoms with E-state index in [1.165, 1.54) is 12.8 Å². The van der Waals surface area contributed by atoms with Crippen molar-refractivity contribution in [3.8, 4) is 0 Å². The fourth-order valence-electron chi connectivity index (χ4n) is 1.72. The molecule has 0 spiro atoms. The van der Waals surface area contributed by atoms with Crippen LogP contribution in [0.5, 0.6) is 0 Å². The first-order chi connectivity index (χ1) is 7.56. The van der Waals surface area contributed by atoms with Crippen LogP contribution in [0.4, 0.5) is 11.8 Å². The van der Waals surface area contributed by atoms with Crippen LogP contribution in [0.25, 0.3) is 0 Å². The Hall–Kier alpha value is -1.03. The molecule has 1 heterocycles. The highest BCUT2D eigenvalue weighted by Gasteiger charge is 2.26. The highest BCUT2D eigenvalue weighted by atomic mass is 35.5. The van der Waals surface area contributed by atoms with E-state index in [0.29, 0.717) is 11.2 Å². The lowest BCUT2D eigenvalue weighted by atomic mass is 10.2. The number of nitrogen functional groups attached to an aromatic ring is 1. The van der Waals surface area contributed by atoms with Crippen molar-refractivity contribution in [2.75, 3.05) is 17.2 Å². The number of nitrogens with zero attached hydrogens (tertiary/aromatic N) is 3. The average Bonchev–Trinajstić information content (AvgIpc) is 2.95. The quantitative estimate of drug-likeness (QED) is 0.821. The van der Waals surface area contributed by atoms with Gasteiger partial charge in [0.1, 0.15) is 11.0 Å². The van der Waals surface area contributed by atoms with Gasteiger partial charge >= 0.3 is 0 Å². The lowest BCUT2D eigenvalue weighted by Crippen LogP contribution is -2.33. The number of nitrogens with two attached hydrogens (primary N) is 1. The van der Waals surface area contributed by atoms with Gasteiger partial charge in [-0.1, -0.05) is 11.6 Å². The van der Waals surface area contributed by atoms with Gasteiger partial charge in [-0.15, -0.1) is 0 Å². The third kappa shape index (κ3) is 2.76. The Morgan fingerprint density at radius 2 is 2.19 bits per heavy atom. The molecule has 0 aromatic carbocycles. The van der Waals surface area contributed by atoms with Crippen LogP contribution in [0.2, 0.25) is 5.15 Å². The summed E-state index contributed by atoms with van der Waals surface area (Å²) in [5, 5.41) is 0.406. The minimum absolute atomic E-state index is 0.240. The van der Waals surface area contributed by atoms with Gasteiger partial charge in [0.05, 0.1) is 0 Å². The Morgan fingerprint density at radius 1 is 1.50 bits per heavy atom. The summed E-state index contributed by atoms with van der Waals surface area (Å²) in [6, 6.07) is 2.17. The monoisotopic (exact) mass is 240 g/mol. The molecule has 1 aromatic rings. The van der Waals surface area contributed by atoms with Crippen molar-refractivity contribution in [3.05, 3.63) is 11.2 Å². The number of halogens is 1. The van der Waals surface area contributed by atoms with Crippen molar-refractivity contribution in [1.29, 1.82) is 0 Å². The van der Waals surface area contributed by atoms with Crippen LogP contribution in [0, 0.1) is 5.92 Å². The highest BCUT2D eigenvalue weighted by molar-refractivity contribution is 6.29. The summed E-state index contributed by atoms with van der Waals surface area (Å²) in [5.74, 6) is 1.88. The first-order valence-electron chi connectivity index (χ1n) is 5.63. The standard InChI is InChI=1S/C11H17ClN4/c1-7(2)16(6-8-3-4-8)10-5-9(12)14-11(13)15-10/h5,7-8H,3-4,6H2,1-2H3,(H2,13,14,15). The maximum atomic E-state index is 5.89. The van der Waals surface area contributed by atoms with Crippen LogP contribution in [-0.4, -0.2) is 22.6 Å². The van der Waals surface area contributed by atoms with Gasteiger partial charge in [0, 0.05) is 18.7 Å². The van der Waals surface area contributed by atoms with Crippen LogP contribution >= 0.6 is 11.6 Å². The minimum atomic E-state index is 0.240. The van der Waals surface area contributed by atoms with E-state index in [2.05, 4.69) is 28.7 Å². The second-order valence-electron chi connectivity index (χ2n) is 4.60. The summed E-state index contributed by atoms with van der Waals surface area (Å²) in [5.41, 5.74) is 5.61. The van der Waals surface area contributed by atoms with Gasteiger partial charge in [-0.2, -0.15) is 4.98 Å². The Balaban J connectivity index is 2.22. The van der Waals surface area contributed by atoms with Crippen molar-refractivity contribution in [3.63, 3.8) is 0 Å². The van der Waals surface area contributed by atoms with E-state index >= 15 is 0 Å². The fraction of sp³-hybridized carbons (Fsp3) is 0.636. The van der Waals surface area contributed by atoms with Gasteiger partial charge in [-0.3, -0.25) is 0 Å². The fourth-order valence-corrected chi connectivity index (χ4v) is 1.90. The number of hydrogen-bond acceptors (Lipinski definition) is 4. The van der Waals surface area contributed by atoms with Gasteiger partial charge in [0.15, 0.2) is 0 Å². The third-order valence-electron chi connectivity index (χ3n) is 2.77. The van der Waals surface area contributed by atoms with Gasteiger partial charge in [-0.05, 0) is 32.6 Å². The molecule has 1 fully saturated rings. The van der Waals surface area contributed by atoms with E-state index in [1.54, 1.807) is 6.07 Å². The van der Waals surface area contributed by atoms with Crippen LogP contribution in [0.3, 0.4) is 0 Å². The molecule has 0 unspecified atom stereocenters. The Labute approximate surface area is 101 Å². The predicted molar refractivity (Wildman–Crippen MR) is 66.7 cm³/mol. The van der Waals surface area contributed by atoms with Crippen molar-refractivity contribution in [1.82, 2.24) is 9.97 Å². The van der Waals surface area contributed by atoms with Crippen molar-refractivity contribution in [2.45, 2.75) is 32.7 Å². The number of rotatable bonds is 4. The number of anilines is 2. The molecular weight excluding hydrogens is 224 g/mol. The van der Waals surface area contributed by atoms with Gasteiger partial charge in [0.25, 0.3) is 0 Å². The zero-order valence-corrected chi connectivity index (χ0v) is 10.4. The summed E-state index contributed by atoms with van der Waals surface area (Å²) in [4.78, 5) is 10.4. The second-order valence-corrected chi connectivity index (χ2v) is 4.98. The van der Waals surface area contributed by atoms with E-state index in [0.717, 1.165) is 18.3 Å². The van der Waals surface area contributed by atoms with Crippen LogP contribution in [0.1, 0.15) is 26.7 Å². The molecule has 2 N–H and O–H groups in total. The van der Waals surface area contributed by atoms with Crippen LogP contribution < -0.4 is 10.6 Å². The molecule has 0 aliphatic heterocycles. The number of aromatic nitrogens is 2. The third-order valence-corrected chi connectivity index (χ3v) is 2.96. The van der Waals surface area contributed by atoms with E-state index in [9.17, 15) is 0 Å². The molecule has 0 saturated heterocycles. The molecule has 1 saturated carbocycles. The molecule has 0 radical (unpaired) electrons. The second kappa shape index (κ2) is 4.45. The topological polar surface area (TPSA) is 55.0 Å². The molecule has 4 nitrogen and oxygen atoms in total. The average molecular weight is 241 g/mol.